The van der Waals surface area contributed by atoms with E-state index in [0.29, 0.717) is 18.7 Å². The molecule has 1 fully saturated rings. The zero-order valence-electron chi connectivity index (χ0n) is 15.7. The van der Waals surface area contributed by atoms with Crippen molar-refractivity contribution >= 4 is 61.0 Å². The highest BCUT2D eigenvalue weighted by Crippen LogP contribution is 2.35. The molecule has 0 aliphatic carbocycles. The third-order valence-electron chi connectivity index (χ3n) is 4.86. The highest BCUT2D eigenvalue weighted by Gasteiger charge is 2.21. The summed E-state index contributed by atoms with van der Waals surface area (Å²) in [6.45, 7) is 4.89. The fourth-order valence-electron chi connectivity index (χ4n) is 3.19. The molecule has 28 heavy (non-hydrogen) atoms. The van der Waals surface area contributed by atoms with Crippen LogP contribution >= 0.6 is 39.0 Å². The molecule has 3 heterocycles. The number of hydrogen-bond donors (Lipinski definition) is 2. The molecule has 0 saturated carbocycles. The van der Waals surface area contributed by atoms with Gasteiger partial charge in [0.2, 0.25) is 5.91 Å². The van der Waals surface area contributed by atoms with Gasteiger partial charge in [-0.3, -0.25) is 4.79 Å². The van der Waals surface area contributed by atoms with Gasteiger partial charge in [0, 0.05) is 33.3 Å². The number of fused-ring (bicyclic) bond motifs is 1. The Labute approximate surface area is 180 Å². The van der Waals surface area contributed by atoms with Crippen LogP contribution in [-0.2, 0) is 10.5 Å². The molecule has 1 saturated heterocycles. The van der Waals surface area contributed by atoms with Gasteiger partial charge in [0.15, 0.2) is 0 Å². The highest BCUT2D eigenvalue weighted by molar-refractivity contribution is 9.10. The van der Waals surface area contributed by atoms with Crippen molar-refractivity contribution in [1.29, 1.82) is 0 Å². The van der Waals surface area contributed by atoms with Gasteiger partial charge in [-0.25, -0.2) is 9.97 Å². The Morgan fingerprint density at radius 1 is 1.29 bits per heavy atom. The third-order valence-corrected chi connectivity index (χ3v) is 7.50. The predicted octanol–water partition coefficient (Wildman–Crippen LogP) is 5.05. The predicted molar refractivity (Wildman–Crippen MR) is 120 cm³/mol. The van der Waals surface area contributed by atoms with Gasteiger partial charge in [-0.2, -0.15) is 0 Å². The van der Waals surface area contributed by atoms with Crippen molar-refractivity contribution in [3.8, 4) is 0 Å². The lowest BCUT2D eigenvalue weighted by molar-refractivity contribution is -0.122. The number of nitrogens with zero attached hydrogens (tertiary/aromatic N) is 2. The van der Waals surface area contributed by atoms with E-state index in [0.717, 1.165) is 32.8 Å². The standard InChI is InChI=1S/C20H21BrN4OS2/c1-11-12(2)28-20-18(11)19(23-14-5-8-17(26)22-9-14)24-16(25-20)10-27-15-6-3-13(21)4-7-15/h3-4,6-7,14H,5,8-10H2,1-2H3,(H,22,26)(H,23,24,25). The molecule has 0 spiro atoms. The number of rotatable bonds is 5. The molecule has 2 aromatic heterocycles. The molecular weight excluding hydrogens is 456 g/mol. The van der Waals surface area contributed by atoms with Gasteiger partial charge in [-0.1, -0.05) is 15.9 Å². The lowest BCUT2D eigenvalue weighted by Gasteiger charge is -2.24. The van der Waals surface area contributed by atoms with Gasteiger partial charge < -0.3 is 10.6 Å². The smallest absolute Gasteiger partial charge is 0.220 e. The summed E-state index contributed by atoms with van der Waals surface area (Å²) in [6, 6.07) is 8.47. The van der Waals surface area contributed by atoms with Crippen molar-refractivity contribution in [2.45, 2.75) is 43.4 Å². The van der Waals surface area contributed by atoms with E-state index in [9.17, 15) is 4.79 Å². The molecule has 0 bridgehead atoms. The number of aryl methyl sites for hydroxylation is 2. The molecular formula is C20H21BrN4OS2. The van der Waals surface area contributed by atoms with E-state index >= 15 is 0 Å². The summed E-state index contributed by atoms with van der Waals surface area (Å²) in [5.74, 6) is 2.55. The number of carbonyl (C=O) groups excluding carboxylic acids is 1. The monoisotopic (exact) mass is 476 g/mol. The van der Waals surface area contributed by atoms with E-state index in [-0.39, 0.29) is 11.9 Å². The summed E-state index contributed by atoms with van der Waals surface area (Å²) < 4.78 is 1.07. The van der Waals surface area contributed by atoms with Gasteiger partial charge in [-0.05, 0) is 50.1 Å². The molecule has 5 nitrogen and oxygen atoms in total. The maximum Gasteiger partial charge on any atom is 0.220 e. The Hall–Kier alpha value is -1.64. The molecule has 1 atom stereocenters. The SMILES string of the molecule is Cc1sc2nc(CSc3ccc(Br)cc3)nc(NC3CCC(=O)NC3)c2c1C. The van der Waals surface area contributed by atoms with Crippen LogP contribution in [0.1, 0.15) is 29.1 Å². The molecule has 2 N–H and O–H groups in total. The average Bonchev–Trinajstić information content (AvgIpc) is 2.97. The summed E-state index contributed by atoms with van der Waals surface area (Å²) in [7, 11) is 0. The first kappa shape index (κ1) is 19.7. The molecule has 4 rings (SSSR count). The van der Waals surface area contributed by atoms with Crippen LogP contribution in [0.15, 0.2) is 33.6 Å². The highest BCUT2D eigenvalue weighted by atomic mass is 79.9. The summed E-state index contributed by atoms with van der Waals surface area (Å²) in [5.41, 5.74) is 1.23. The summed E-state index contributed by atoms with van der Waals surface area (Å²) in [5, 5.41) is 7.61. The molecule has 146 valence electrons. The molecule has 1 aliphatic rings. The van der Waals surface area contributed by atoms with Gasteiger partial charge in [0.25, 0.3) is 0 Å². The summed E-state index contributed by atoms with van der Waals surface area (Å²) in [6.07, 6.45) is 1.38. The zero-order chi connectivity index (χ0) is 19.7. The second kappa shape index (κ2) is 8.39. The minimum absolute atomic E-state index is 0.125. The molecule has 1 aliphatic heterocycles. The lowest BCUT2D eigenvalue weighted by Crippen LogP contribution is -2.42. The quantitative estimate of drug-likeness (QED) is 0.504. The number of halogens is 1. The number of thioether (sulfide) groups is 1. The minimum atomic E-state index is 0.125. The van der Waals surface area contributed by atoms with Crippen LogP contribution in [0.25, 0.3) is 10.2 Å². The van der Waals surface area contributed by atoms with Gasteiger partial charge in [0.1, 0.15) is 16.5 Å². The first-order valence-corrected chi connectivity index (χ1v) is 11.8. The number of carbonyl (C=O) groups is 1. The fourth-order valence-corrected chi connectivity index (χ4v) is 5.26. The Morgan fingerprint density at radius 3 is 2.79 bits per heavy atom. The van der Waals surface area contributed by atoms with E-state index in [4.69, 9.17) is 9.97 Å². The van der Waals surface area contributed by atoms with E-state index in [1.54, 1.807) is 23.1 Å². The zero-order valence-corrected chi connectivity index (χ0v) is 18.9. The van der Waals surface area contributed by atoms with E-state index in [1.807, 2.05) is 12.1 Å². The number of benzene rings is 1. The molecule has 1 unspecified atom stereocenters. The molecule has 1 aromatic carbocycles. The van der Waals surface area contributed by atoms with Crippen LogP contribution in [0.4, 0.5) is 5.82 Å². The number of thiophene rings is 1. The molecule has 3 aromatic rings. The Bertz CT molecular complexity index is 1010. The number of hydrogen-bond acceptors (Lipinski definition) is 6. The second-order valence-electron chi connectivity index (χ2n) is 6.88. The minimum Gasteiger partial charge on any atom is -0.365 e. The molecule has 0 radical (unpaired) electrons. The van der Waals surface area contributed by atoms with Crippen LogP contribution < -0.4 is 10.6 Å². The van der Waals surface area contributed by atoms with Gasteiger partial charge >= 0.3 is 0 Å². The van der Waals surface area contributed by atoms with Crippen LogP contribution in [-0.4, -0.2) is 28.5 Å². The van der Waals surface area contributed by atoms with Crippen LogP contribution in [0.5, 0.6) is 0 Å². The van der Waals surface area contributed by atoms with Crippen LogP contribution in [0.2, 0.25) is 0 Å². The van der Waals surface area contributed by atoms with Crippen molar-refractivity contribution < 1.29 is 4.79 Å². The normalized spacial score (nSPS) is 17.0. The number of amides is 1. The second-order valence-corrected chi connectivity index (χ2v) is 10.0. The number of nitrogens with one attached hydrogen (secondary N) is 2. The van der Waals surface area contributed by atoms with Crippen molar-refractivity contribution in [2.24, 2.45) is 0 Å². The molecule has 8 heteroatoms. The lowest BCUT2D eigenvalue weighted by atomic mass is 10.1. The summed E-state index contributed by atoms with van der Waals surface area (Å²) >= 11 is 6.92. The third kappa shape index (κ3) is 4.34. The number of piperidine rings is 1. The number of anilines is 1. The maximum absolute atomic E-state index is 11.5. The van der Waals surface area contributed by atoms with Crippen molar-refractivity contribution in [1.82, 2.24) is 15.3 Å². The van der Waals surface area contributed by atoms with Crippen LogP contribution in [0.3, 0.4) is 0 Å². The largest absolute Gasteiger partial charge is 0.365 e. The van der Waals surface area contributed by atoms with E-state index < -0.39 is 0 Å². The topological polar surface area (TPSA) is 66.9 Å². The first-order valence-electron chi connectivity index (χ1n) is 9.18. The van der Waals surface area contributed by atoms with Crippen molar-refractivity contribution in [3.63, 3.8) is 0 Å². The Morgan fingerprint density at radius 2 is 2.07 bits per heavy atom. The van der Waals surface area contributed by atoms with E-state index in [2.05, 4.69) is 52.5 Å². The first-order chi connectivity index (χ1) is 13.5. The fraction of sp³-hybridized carbons (Fsp3) is 0.350. The van der Waals surface area contributed by atoms with Gasteiger partial charge in [-0.15, -0.1) is 23.1 Å². The maximum atomic E-state index is 11.5. The van der Waals surface area contributed by atoms with E-state index in [1.165, 1.54) is 15.3 Å². The number of aromatic nitrogens is 2. The van der Waals surface area contributed by atoms with Gasteiger partial charge in [0.05, 0.1) is 11.1 Å². The average molecular weight is 477 g/mol. The Kier molecular flexibility index (Phi) is 5.89. The molecule has 1 amide bonds. The van der Waals surface area contributed by atoms with Crippen LogP contribution in [0, 0.1) is 13.8 Å². The Balaban J connectivity index is 1.60. The van der Waals surface area contributed by atoms with Crippen molar-refractivity contribution in [3.05, 3.63) is 45.0 Å². The summed E-state index contributed by atoms with van der Waals surface area (Å²) in [4.78, 5) is 24.6. The van der Waals surface area contributed by atoms with Crippen molar-refractivity contribution in [2.75, 3.05) is 11.9 Å².